The molecule has 0 bridgehead atoms. The monoisotopic (exact) mass is 169 g/mol. The molecule has 0 N–H and O–H groups in total. The minimum Gasteiger partial charge on any atom is -0.369 e. The van der Waals surface area contributed by atoms with Gasteiger partial charge in [0.15, 0.2) is 0 Å². The molecule has 0 atom stereocenters. The Morgan fingerprint density at radius 3 is 2.00 bits per heavy atom. The summed E-state index contributed by atoms with van der Waals surface area (Å²) in [5, 5.41) is 0. The molecule has 0 aromatic rings. The molecule has 1 radical (unpaired) electrons. The van der Waals surface area contributed by atoms with Crippen molar-refractivity contribution in [2.45, 2.75) is 64.1 Å². The van der Waals surface area contributed by atoms with Crippen molar-refractivity contribution < 1.29 is 4.74 Å². The van der Waals surface area contributed by atoms with Gasteiger partial charge >= 0.3 is 0 Å². The first-order chi connectivity index (χ1) is 5.41. The molecule has 1 nitrogen and oxygen atoms in total. The van der Waals surface area contributed by atoms with Crippen LogP contribution in [0, 0.1) is 6.92 Å². The Bertz CT molecular complexity index is 138. The van der Waals surface area contributed by atoms with E-state index < -0.39 is 0 Å². The van der Waals surface area contributed by atoms with Crippen LogP contribution in [0.4, 0.5) is 0 Å². The average molecular weight is 169 g/mol. The summed E-state index contributed by atoms with van der Waals surface area (Å²) in [6.07, 6.45) is 6.17. The van der Waals surface area contributed by atoms with Crippen LogP contribution in [0.3, 0.4) is 0 Å². The van der Waals surface area contributed by atoms with Crippen molar-refractivity contribution in [3.8, 4) is 0 Å². The van der Waals surface area contributed by atoms with Crippen LogP contribution in [0.25, 0.3) is 0 Å². The molecular weight excluding hydrogens is 148 g/mol. The Hall–Kier alpha value is -0.0400. The third-order valence-corrected chi connectivity index (χ3v) is 2.29. The lowest BCUT2D eigenvalue weighted by Crippen LogP contribution is -2.39. The molecule has 1 rings (SSSR count). The molecule has 1 aliphatic carbocycles. The van der Waals surface area contributed by atoms with Gasteiger partial charge < -0.3 is 4.74 Å². The molecule has 0 aromatic carbocycles. The molecule has 1 heteroatoms. The average Bonchev–Trinajstić information content (AvgIpc) is 1.83. The highest BCUT2D eigenvalue weighted by atomic mass is 16.5. The van der Waals surface area contributed by atoms with Gasteiger partial charge in [0.1, 0.15) is 0 Å². The summed E-state index contributed by atoms with van der Waals surface area (Å²) < 4.78 is 5.96. The predicted molar refractivity (Wildman–Crippen MR) is 52.0 cm³/mol. The normalized spacial score (nSPS) is 24.0. The van der Waals surface area contributed by atoms with Crippen LogP contribution in [-0.4, -0.2) is 11.2 Å². The maximum absolute atomic E-state index is 5.96. The van der Waals surface area contributed by atoms with E-state index in [9.17, 15) is 0 Å². The molecule has 0 spiro atoms. The van der Waals surface area contributed by atoms with Gasteiger partial charge in [0, 0.05) is 0 Å². The van der Waals surface area contributed by atoms with Crippen molar-refractivity contribution in [2.75, 3.05) is 0 Å². The summed E-state index contributed by atoms with van der Waals surface area (Å²) in [6, 6.07) is 0. The van der Waals surface area contributed by atoms with Crippen LogP contribution in [-0.2, 0) is 4.74 Å². The molecule has 12 heavy (non-hydrogen) atoms. The smallest absolute Gasteiger partial charge is 0.0690 e. The fourth-order valence-corrected chi connectivity index (χ4v) is 1.95. The van der Waals surface area contributed by atoms with Gasteiger partial charge in [-0.1, -0.05) is 19.3 Å². The Morgan fingerprint density at radius 1 is 1.08 bits per heavy atom. The van der Waals surface area contributed by atoms with Gasteiger partial charge in [-0.05, 0) is 40.5 Å². The molecule has 0 saturated heterocycles. The van der Waals surface area contributed by atoms with E-state index in [1.165, 1.54) is 19.3 Å². The van der Waals surface area contributed by atoms with Crippen molar-refractivity contribution in [1.29, 1.82) is 0 Å². The topological polar surface area (TPSA) is 9.23 Å². The van der Waals surface area contributed by atoms with E-state index in [1.54, 1.807) is 0 Å². The SMILES string of the molecule is [CH2]C1(OC(C)(C)C)CCCCC1. The molecule has 0 unspecified atom stereocenters. The molecule has 71 valence electrons. The van der Waals surface area contributed by atoms with Gasteiger partial charge in [-0.25, -0.2) is 0 Å². The van der Waals surface area contributed by atoms with Gasteiger partial charge in [0.2, 0.25) is 0 Å². The molecule has 0 aromatic heterocycles. The number of ether oxygens (including phenoxy) is 1. The zero-order valence-corrected chi connectivity index (χ0v) is 8.65. The van der Waals surface area contributed by atoms with E-state index >= 15 is 0 Å². The van der Waals surface area contributed by atoms with E-state index in [0.717, 1.165) is 12.8 Å². The van der Waals surface area contributed by atoms with Crippen molar-refractivity contribution in [1.82, 2.24) is 0 Å². The molecule has 0 aliphatic heterocycles. The molecular formula is C11H21O. The Kier molecular flexibility index (Phi) is 2.82. The fraction of sp³-hybridized carbons (Fsp3) is 0.909. The lowest BCUT2D eigenvalue weighted by molar-refractivity contribution is -0.122. The zero-order valence-electron chi connectivity index (χ0n) is 8.65. The van der Waals surface area contributed by atoms with Crippen molar-refractivity contribution in [3.05, 3.63) is 6.92 Å². The van der Waals surface area contributed by atoms with E-state index in [2.05, 4.69) is 27.7 Å². The van der Waals surface area contributed by atoms with Gasteiger partial charge in [0.05, 0.1) is 11.2 Å². The molecule has 1 aliphatic rings. The number of hydrogen-bond donors (Lipinski definition) is 0. The molecule has 0 heterocycles. The third-order valence-electron chi connectivity index (χ3n) is 2.29. The zero-order chi connectivity index (χ0) is 9.24. The standard InChI is InChI=1S/C11H21O/c1-10(2,3)12-11(4)8-6-5-7-9-11/h4-9H2,1-3H3. The van der Waals surface area contributed by atoms with Crippen LogP contribution in [0.1, 0.15) is 52.9 Å². The lowest BCUT2D eigenvalue weighted by Gasteiger charge is -2.39. The number of rotatable bonds is 1. The summed E-state index contributed by atoms with van der Waals surface area (Å²) in [4.78, 5) is 0. The highest BCUT2D eigenvalue weighted by molar-refractivity contribution is 4.88. The highest BCUT2D eigenvalue weighted by Crippen LogP contribution is 2.33. The van der Waals surface area contributed by atoms with Crippen molar-refractivity contribution >= 4 is 0 Å². The summed E-state index contributed by atoms with van der Waals surface area (Å²) >= 11 is 0. The second-order valence-corrected chi connectivity index (χ2v) is 4.96. The molecule has 1 fully saturated rings. The van der Waals surface area contributed by atoms with Gasteiger partial charge in [-0.2, -0.15) is 0 Å². The predicted octanol–water partition coefficient (Wildman–Crippen LogP) is 3.34. The lowest BCUT2D eigenvalue weighted by atomic mass is 9.85. The maximum Gasteiger partial charge on any atom is 0.0690 e. The van der Waals surface area contributed by atoms with Crippen LogP contribution < -0.4 is 0 Å². The second-order valence-electron chi connectivity index (χ2n) is 4.96. The van der Waals surface area contributed by atoms with Gasteiger partial charge in [0.25, 0.3) is 0 Å². The largest absolute Gasteiger partial charge is 0.369 e. The summed E-state index contributed by atoms with van der Waals surface area (Å²) in [7, 11) is 0. The Balaban J connectivity index is 2.47. The number of hydrogen-bond acceptors (Lipinski definition) is 1. The summed E-state index contributed by atoms with van der Waals surface area (Å²) in [5.74, 6) is 0. The Morgan fingerprint density at radius 2 is 1.58 bits per heavy atom. The van der Waals surface area contributed by atoms with Crippen LogP contribution in [0.5, 0.6) is 0 Å². The van der Waals surface area contributed by atoms with E-state index in [1.807, 2.05) is 0 Å². The van der Waals surface area contributed by atoms with Crippen LogP contribution in [0.15, 0.2) is 0 Å². The molecule has 0 amide bonds. The van der Waals surface area contributed by atoms with E-state index in [4.69, 9.17) is 4.74 Å². The third kappa shape index (κ3) is 3.14. The first kappa shape index (κ1) is 10.0. The van der Waals surface area contributed by atoms with Crippen LogP contribution >= 0.6 is 0 Å². The highest BCUT2D eigenvalue weighted by Gasteiger charge is 2.31. The minimum absolute atomic E-state index is 0.0426. The first-order valence-corrected chi connectivity index (χ1v) is 4.97. The van der Waals surface area contributed by atoms with Gasteiger partial charge in [-0.15, -0.1) is 0 Å². The van der Waals surface area contributed by atoms with Crippen molar-refractivity contribution in [2.24, 2.45) is 0 Å². The minimum atomic E-state index is -0.0868. The maximum atomic E-state index is 5.96. The molecule has 1 saturated carbocycles. The quantitative estimate of drug-likeness (QED) is 0.585. The van der Waals surface area contributed by atoms with Gasteiger partial charge in [-0.3, -0.25) is 0 Å². The fourth-order valence-electron chi connectivity index (χ4n) is 1.95. The summed E-state index contributed by atoms with van der Waals surface area (Å²) in [5.41, 5.74) is -0.129. The first-order valence-electron chi connectivity index (χ1n) is 4.97. The Labute approximate surface area is 76.5 Å². The van der Waals surface area contributed by atoms with Crippen LogP contribution in [0.2, 0.25) is 0 Å². The van der Waals surface area contributed by atoms with E-state index in [-0.39, 0.29) is 11.2 Å². The van der Waals surface area contributed by atoms with Crippen molar-refractivity contribution in [3.63, 3.8) is 0 Å². The van der Waals surface area contributed by atoms with E-state index in [0.29, 0.717) is 0 Å². The summed E-state index contributed by atoms with van der Waals surface area (Å²) in [6.45, 7) is 10.5. The second kappa shape index (κ2) is 3.37.